The first-order valence-electron chi connectivity index (χ1n) is 8.12. The van der Waals surface area contributed by atoms with Gasteiger partial charge in [-0.15, -0.1) is 24.8 Å². The van der Waals surface area contributed by atoms with Crippen molar-refractivity contribution in [1.82, 2.24) is 4.98 Å². The molecule has 1 unspecified atom stereocenters. The van der Waals surface area contributed by atoms with E-state index >= 15 is 0 Å². The lowest BCUT2D eigenvalue weighted by molar-refractivity contribution is -0.117. The summed E-state index contributed by atoms with van der Waals surface area (Å²) < 4.78 is 5.34. The molecular weight excluding hydrogens is 375 g/mol. The maximum Gasteiger partial charge on any atom is 0.233 e. The monoisotopic (exact) mass is 398 g/mol. The van der Waals surface area contributed by atoms with E-state index in [-0.39, 0.29) is 43.2 Å². The van der Waals surface area contributed by atoms with Gasteiger partial charge in [-0.25, -0.2) is 4.98 Å². The van der Waals surface area contributed by atoms with Crippen molar-refractivity contribution in [3.8, 4) is 0 Å². The van der Waals surface area contributed by atoms with Crippen molar-refractivity contribution in [3.63, 3.8) is 0 Å². The molecule has 0 spiro atoms. The quantitative estimate of drug-likeness (QED) is 0.808. The molecule has 0 saturated carbocycles. The number of carbonyl (C=O) groups is 1. The van der Waals surface area contributed by atoms with Gasteiger partial charge in [0.1, 0.15) is 5.82 Å². The molecule has 1 aliphatic heterocycles. The number of anilines is 2. The van der Waals surface area contributed by atoms with E-state index in [1.165, 1.54) is 0 Å². The highest BCUT2D eigenvalue weighted by atomic mass is 35.5. The predicted octanol–water partition coefficient (Wildman–Crippen LogP) is 2.44. The summed E-state index contributed by atoms with van der Waals surface area (Å²) in [6.45, 7) is 3.36. The van der Waals surface area contributed by atoms with E-state index in [4.69, 9.17) is 10.5 Å². The lowest BCUT2D eigenvalue weighted by Crippen LogP contribution is -2.36. The van der Waals surface area contributed by atoms with Crippen molar-refractivity contribution in [2.24, 2.45) is 5.73 Å². The molecule has 3 rings (SSSR count). The fraction of sp³-hybridized carbons (Fsp3) is 0.333. The van der Waals surface area contributed by atoms with Crippen molar-refractivity contribution in [3.05, 3.63) is 54.2 Å². The molecule has 1 aliphatic rings. The molecule has 1 amide bonds. The molecule has 6 nitrogen and oxygen atoms in total. The second-order valence-corrected chi connectivity index (χ2v) is 5.69. The highest BCUT2D eigenvalue weighted by Crippen LogP contribution is 2.19. The van der Waals surface area contributed by atoms with Crippen molar-refractivity contribution >= 4 is 42.2 Å². The highest BCUT2D eigenvalue weighted by Gasteiger charge is 2.19. The fourth-order valence-electron chi connectivity index (χ4n) is 2.75. The van der Waals surface area contributed by atoms with Crippen molar-refractivity contribution in [2.45, 2.75) is 5.92 Å². The zero-order chi connectivity index (χ0) is 16.8. The lowest BCUT2D eigenvalue weighted by atomic mass is 9.98. The molecule has 0 aliphatic carbocycles. The van der Waals surface area contributed by atoms with Gasteiger partial charge in [-0.2, -0.15) is 0 Å². The van der Waals surface area contributed by atoms with Crippen LogP contribution in [0.2, 0.25) is 0 Å². The molecule has 26 heavy (non-hydrogen) atoms. The van der Waals surface area contributed by atoms with Gasteiger partial charge in [-0.05, 0) is 17.7 Å². The van der Waals surface area contributed by atoms with Crippen molar-refractivity contribution in [1.29, 1.82) is 0 Å². The third-order valence-electron chi connectivity index (χ3n) is 4.10. The van der Waals surface area contributed by atoms with Crippen LogP contribution in [0.1, 0.15) is 11.5 Å². The van der Waals surface area contributed by atoms with Crippen LogP contribution in [0.5, 0.6) is 0 Å². The molecule has 2 heterocycles. The number of hydrogen-bond acceptors (Lipinski definition) is 5. The number of pyridine rings is 1. The van der Waals surface area contributed by atoms with Crippen LogP contribution in [0.4, 0.5) is 11.5 Å². The standard InChI is InChI=1S/C18H22N4O2.2ClH/c19-12-16(14-4-2-1-3-5-14)18(23)21-15-6-7-17(20-13-15)22-8-10-24-11-9-22;;/h1-7,13,16H,8-12,19H2,(H,21,23);2*1H. The maximum atomic E-state index is 12.5. The third-order valence-corrected chi connectivity index (χ3v) is 4.10. The van der Waals surface area contributed by atoms with Gasteiger partial charge in [-0.3, -0.25) is 4.79 Å². The van der Waals surface area contributed by atoms with Crippen LogP contribution in [-0.2, 0) is 9.53 Å². The summed E-state index contributed by atoms with van der Waals surface area (Å²) >= 11 is 0. The molecule has 0 bridgehead atoms. The zero-order valence-corrected chi connectivity index (χ0v) is 16.0. The summed E-state index contributed by atoms with van der Waals surface area (Å²) in [6, 6.07) is 13.3. The molecule has 1 fully saturated rings. The van der Waals surface area contributed by atoms with E-state index in [0.29, 0.717) is 5.69 Å². The number of hydrogen-bond donors (Lipinski definition) is 2. The number of ether oxygens (including phenoxy) is 1. The summed E-state index contributed by atoms with van der Waals surface area (Å²) in [6.07, 6.45) is 1.68. The van der Waals surface area contributed by atoms with E-state index < -0.39 is 0 Å². The Hall–Kier alpha value is -1.86. The van der Waals surface area contributed by atoms with E-state index in [1.807, 2.05) is 42.5 Å². The molecule has 1 atom stereocenters. The molecular formula is C18H24Cl2N4O2. The number of benzene rings is 1. The van der Waals surface area contributed by atoms with Gasteiger partial charge in [0.25, 0.3) is 0 Å². The Morgan fingerprint density at radius 2 is 1.85 bits per heavy atom. The summed E-state index contributed by atoms with van der Waals surface area (Å²) in [7, 11) is 0. The summed E-state index contributed by atoms with van der Waals surface area (Å²) in [5.41, 5.74) is 7.37. The molecule has 0 radical (unpaired) electrons. The second-order valence-electron chi connectivity index (χ2n) is 5.69. The van der Waals surface area contributed by atoms with Crippen molar-refractivity contribution in [2.75, 3.05) is 43.1 Å². The number of carbonyl (C=O) groups excluding carboxylic acids is 1. The number of rotatable bonds is 5. The molecule has 142 valence electrons. The number of nitrogens with one attached hydrogen (secondary N) is 1. The minimum absolute atomic E-state index is 0. The van der Waals surface area contributed by atoms with Crippen LogP contribution in [0, 0.1) is 0 Å². The minimum Gasteiger partial charge on any atom is -0.378 e. The number of nitrogens with zero attached hydrogens (tertiary/aromatic N) is 2. The average molecular weight is 399 g/mol. The summed E-state index contributed by atoms with van der Waals surface area (Å²) in [5, 5.41) is 2.90. The molecule has 2 aromatic rings. The van der Waals surface area contributed by atoms with Crippen LogP contribution in [-0.4, -0.2) is 43.7 Å². The van der Waals surface area contributed by atoms with Gasteiger partial charge in [0.2, 0.25) is 5.91 Å². The Labute approximate surface area is 165 Å². The Bertz CT molecular complexity index is 665. The maximum absolute atomic E-state index is 12.5. The van der Waals surface area contributed by atoms with E-state index in [0.717, 1.165) is 37.7 Å². The fourth-order valence-corrected chi connectivity index (χ4v) is 2.75. The first kappa shape index (κ1) is 22.2. The Morgan fingerprint density at radius 1 is 1.15 bits per heavy atom. The average Bonchev–Trinajstić information content (AvgIpc) is 2.64. The van der Waals surface area contributed by atoms with E-state index in [1.54, 1.807) is 6.20 Å². The topological polar surface area (TPSA) is 80.5 Å². The number of amides is 1. The normalized spacial score (nSPS) is 14.6. The van der Waals surface area contributed by atoms with Gasteiger partial charge in [0.15, 0.2) is 0 Å². The number of morpholine rings is 1. The minimum atomic E-state index is -0.370. The Kier molecular flexibility index (Phi) is 9.37. The third kappa shape index (κ3) is 5.57. The van der Waals surface area contributed by atoms with Gasteiger partial charge in [0, 0.05) is 19.6 Å². The first-order valence-corrected chi connectivity index (χ1v) is 8.12. The summed E-state index contributed by atoms with van der Waals surface area (Å²) in [5.74, 6) is 0.407. The Morgan fingerprint density at radius 3 is 2.42 bits per heavy atom. The smallest absolute Gasteiger partial charge is 0.233 e. The van der Waals surface area contributed by atoms with Gasteiger partial charge >= 0.3 is 0 Å². The second kappa shape index (κ2) is 11.0. The Balaban J connectivity index is 0.00000169. The lowest BCUT2D eigenvalue weighted by Gasteiger charge is -2.27. The zero-order valence-electron chi connectivity index (χ0n) is 14.3. The van der Waals surface area contributed by atoms with Gasteiger partial charge in [0.05, 0.1) is 31.0 Å². The highest BCUT2D eigenvalue weighted by molar-refractivity contribution is 5.96. The molecule has 1 aromatic heterocycles. The SMILES string of the molecule is Cl.Cl.NCC(C(=O)Nc1ccc(N2CCOCC2)nc1)c1ccccc1. The van der Waals surface area contributed by atoms with Crippen LogP contribution < -0.4 is 16.0 Å². The number of halogens is 2. The van der Waals surface area contributed by atoms with Gasteiger partial charge in [-0.1, -0.05) is 30.3 Å². The van der Waals surface area contributed by atoms with Crippen LogP contribution in [0.25, 0.3) is 0 Å². The van der Waals surface area contributed by atoms with E-state index in [9.17, 15) is 4.79 Å². The van der Waals surface area contributed by atoms with Gasteiger partial charge < -0.3 is 20.7 Å². The van der Waals surface area contributed by atoms with Crippen LogP contribution in [0.15, 0.2) is 48.7 Å². The van der Waals surface area contributed by atoms with Crippen LogP contribution in [0.3, 0.4) is 0 Å². The summed E-state index contributed by atoms with van der Waals surface area (Å²) in [4.78, 5) is 19.1. The molecule has 8 heteroatoms. The number of nitrogens with two attached hydrogens (primary N) is 1. The predicted molar refractivity (Wildman–Crippen MR) is 109 cm³/mol. The van der Waals surface area contributed by atoms with Crippen molar-refractivity contribution < 1.29 is 9.53 Å². The van der Waals surface area contributed by atoms with Crippen LogP contribution >= 0.6 is 24.8 Å². The molecule has 3 N–H and O–H groups in total. The largest absolute Gasteiger partial charge is 0.378 e. The first-order chi connectivity index (χ1) is 11.8. The molecule has 1 aromatic carbocycles. The number of aromatic nitrogens is 1. The van der Waals surface area contributed by atoms with E-state index in [2.05, 4.69) is 15.2 Å². The molecule has 1 saturated heterocycles.